The van der Waals surface area contributed by atoms with Gasteiger partial charge in [-0.2, -0.15) is 5.10 Å². The van der Waals surface area contributed by atoms with Gasteiger partial charge in [0.05, 0.1) is 12.2 Å². The fourth-order valence-electron chi connectivity index (χ4n) is 3.00. The molecule has 2 aromatic carbocycles. The number of amides is 1. The molecule has 0 aliphatic heterocycles. The topological polar surface area (TPSA) is 47.4 Å². The fraction of sp³-hybridized carbons (Fsp3) is 0.273. The van der Waals surface area contributed by atoms with Crippen molar-refractivity contribution in [1.82, 2.24) is 14.7 Å². The molecular formula is C22H25N3O2. The summed E-state index contributed by atoms with van der Waals surface area (Å²) in [7, 11) is 3.65. The molecular weight excluding hydrogens is 338 g/mol. The Labute approximate surface area is 160 Å². The zero-order valence-corrected chi connectivity index (χ0v) is 16.3. The van der Waals surface area contributed by atoms with Crippen molar-refractivity contribution in [2.45, 2.75) is 27.0 Å². The van der Waals surface area contributed by atoms with Gasteiger partial charge in [-0.3, -0.25) is 9.48 Å². The van der Waals surface area contributed by atoms with Crippen LogP contribution in [-0.4, -0.2) is 27.6 Å². The Kier molecular flexibility index (Phi) is 5.60. The van der Waals surface area contributed by atoms with Gasteiger partial charge < -0.3 is 9.64 Å². The van der Waals surface area contributed by atoms with Crippen molar-refractivity contribution in [2.75, 3.05) is 7.05 Å². The number of hydrogen-bond donors (Lipinski definition) is 0. The largest absolute Gasteiger partial charge is 0.489 e. The second-order valence-electron chi connectivity index (χ2n) is 6.90. The van der Waals surface area contributed by atoms with Crippen LogP contribution in [0.15, 0.2) is 54.7 Å². The van der Waals surface area contributed by atoms with E-state index in [1.165, 1.54) is 5.56 Å². The number of ether oxygens (including phenoxy) is 1. The number of hydrogen-bond acceptors (Lipinski definition) is 3. The maximum atomic E-state index is 12.7. The predicted octanol–water partition coefficient (Wildman–Crippen LogP) is 3.89. The minimum atomic E-state index is -0.0333. The van der Waals surface area contributed by atoms with Crippen LogP contribution in [0.4, 0.5) is 0 Å². The second kappa shape index (κ2) is 8.08. The van der Waals surface area contributed by atoms with Crippen molar-refractivity contribution in [2.24, 2.45) is 7.05 Å². The molecule has 3 aromatic rings. The van der Waals surface area contributed by atoms with E-state index < -0.39 is 0 Å². The summed E-state index contributed by atoms with van der Waals surface area (Å²) in [4.78, 5) is 14.4. The standard InChI is InChI=1S/C22H25N3O2/c1-16-8-9-21(17(2)12-16)27-15-18-6-5-7-19(13-18)22(26)24(3)14-20-10-11-25(4)23-20/h5-13H,14-15H2,1-4H3. The molecule has 0 aliphatic carbocycles. The van der Waals surface area contributed by atoms with E-state index in [2.05, 4.69) is 18.1 Å². The molecule has 1 amide bonds. The molecule has 0 radical (unpaired) electrons. The lowest BCUT2D eigenvalue weighted by molar-refractivity contribution is 0.0783. The summed E-state index contributed by atoms with van der Waals surface area (Å²) in [6, 6.07) is 15.6. The number of carbonyl (C=O) groups excluding carboxylic acids is 1. The third kappa shape index (κ3) is 4.76. The van der Waals surface area contributed by atoms with Crippen LogP contribution in [-0.2, 0) is 20.2 Å². The van der Waals surface area contributed by atoms with E-state index in [4.69, 9.17) is 4.74 Å². The van der Waals surface area contributed by atoms with Crippen molar-refractivity contribution in [3.05, 3.63) is 82.7 Å². The lowest BCUT2D eigenvalue weighted by Gasteiger charge is -2.16. The van der Waals surface area contributed by atoms with E-state index >= 15 is 0 Å². The van der Waals surface area contributed by atoms with Gasteiger partial charge in [-0.1, -0.05) is 29.8 Å². The van der Waals surface area contributed by atoms with Gasteiger partial charge in [-0.25, -0.2) is 0 Å². The van der Waals surface area contributed by atoms with Crippen LogP contribution in [0.1, 0.15) is 32.7 Å². The monoisotopic (exact) mass is 363 g/mol. The van der Waals surface area contributed by atoms with Crippen LogP contribution in [0.5, 0.6) is 5.75 Å². The summed E-state index contributed by atoms with van der Waals surface area (Å²) < 4.78 is 7.67. The van der Waals surface area contributed by atoms with Gasteiger partial charge in [-0.05, 0) is 49.2 Å². The Bertz CT molecular complexity index is 946. The first-order chi connectivity index (χ1) is 12.9. The molecule has 1 heterocycles. The second-order valence-corrected chi connectivity index (χ2v) is 6.90. The number of aromatic nitrogens is 2. The van der Waals surface area contributed by atoms with Crippen LogP contribution < -0.4 is 4.74 Å². The van der Waals surface area contributed by atoms with E-state index in [1.807, 2.05) is 62.6 Å². The molecule has 3 rings (SSSR count). The predicted molar refractivity (Wildman–Crippen MR) is 106 cm³/mol. The first kappa shape index (κ1) is 18.7. The van der Waals surface area contributed by atoms with Crippen LogP contribution in [0, 0.1) is 13.8 Å². The Morgan fingerprint density at radius 2 is 1.96 bits per heavy atom. The van der Waals surface area contributed by atoms with Gasteiger partial charge >= 0.3 is 0 Å². The van der Waals surface area contributed by atoms with E-state index in [-0.39, 0.29) is 5.91 Å². The van der Waals surface area contributed by atoms with Crippen LogP contribution in [0.25, 0.3) is 0 Å². The first-order valence-electron chi connectivity index (χ1n) is 8.95. The van der Waals surface area contributed by atoms with Crippen LogP contribution >= 0.6 is 0 Å². The lowest BCUT2D eigenvalue weighted by Crippen LogP contribution is -2.26. The number of nitrogens with zero attached hydrogens (tertiary/aromatic N) is 3. The van der Waals surface area contributed by atoms with Gasteiger partial charge in [0.15, 0.2) is 0 Å². The number of benzene rings is 2. The molecule has 0 unspecified atom stereocenters. The SMILES string of the molecule is Cc1ccc(OCc2cccc(C(=O)N(C)Cc3ccn(C)n3)c2)c(C)c1. The molecule has 5 heteroatoms. The number of aryl methyl sites for hydroxylation is 3. The molecule has 5 nitrogen and oxygen atoms in total. The summed E-state index contributed by atoms with van der Waals surface area (Å²) in [5.41, 5.74) is 4.80. The zero-order chi connectivity index (χ0) is 19.4. The van der Waals surface area contributed by atoms with Crippen molar-refractivity contribution >= 4 is 5.91 Å². The average Bonchev–Trinajstić information content (AvgIpc) is 3.05. The summed E-state index contributed by atoms with van der Waals surface area (Å²) in [6.45, 7) is 5.00. The number of rotatable bonds is 6. The molecule has 0 saturated heterocycles. The summed E-state index contributed by atoms with van der Waals surface area (Å²) >= 11 is 0. The van der Waals surface area contributed by atoms with E-state index in [1.54, 1.807) is 16.6 Å². The molecule has 0 N–H and O–H groups in total. The summed E-state index contributed by atoms with van der Waals surface area (Å²) in [6.07, 6.45) is 1.87. The Morgan fingerprint density at radius 1 is 1.15 bits per heavy atom. The Morgan fingerprint density at radius 3 is 2.67 bits per heavy atom. The van der Waals surface area contributed by atoms with E-state index in [9.17, 15) is 4.79 Å². The molecule has 0 aliphatic rings. The third-order valence-corrected chi connectivity index (χ3v) is 4.41. The normalized spacial score (nSPS) is 10.7. The maximum Gasteiger partial charge on any atom is 0.253 e. The van der Waals surface area contributed by atoms with Crippen LogP contribution in [0.2, 0.25) is 0 Å². The highest BCUT2D eigenvalue weighted by Gasteiger charge is 2.14. The Balaban J connectivity index is 1.66. The highest BCUT2D eigenvalue weighted by Crippen LogP contribution is 2.20. The molecule has 0 bridgehead atoms. The zero-order valence-electron chi connectivity index (χ0n) is 16.3. The van der Waals surface area contributed by atoms with E-state index in [0.717, 1.165) is 22.6 Å². The molecule has 0 spiro atoms. The maximum absolute atomic E-state index is 12.7. The van der Waals surface area contributed by atoms with Crippen molar-refractivity contribution in [3.8, 4) is 5.75 Å². The van der Waals surface area contributed by atoms with Crippen molar-refractivity contribution < 1.29 is 9.53 Å². The molecule has 0 atom stereocenters. The molecule has 27 heavy (non-hydrogen) atoms. The minimum Gasteiger partial charge on any atom is -0.489 e. The van der Waals surface area contributed by atoms with Gasteiger partial charge in [0.1, 0.15) is 12.4 Å². The molecule has 1 aromatic heterocycles. The van der Waals surface area contributed by atoms with Gasteiger partial charge in [-0.15, -0.1) is 0 Å². The smallest absolute Gasteiger partial charge is 0.253 e. The third-order valence-electron chi connectivity index (χ3n) is 4.41. The van der Waals surface area contributed by atoms with Gasteiger partial charge in [0, 0.05) is 25.9 Å². The quantitative estimate of drug-likeness (QED) is 0.668. The molecule has 0 saturated carbocycles. The van der Waals surface area contributed by atoms with Crippen LogP contribution in [0.3, 0.4) is 0 Å². The van der Waals surface area contributed by atoms with Crippen molar-refractivity contribution in [1.29, 1.82) is 0 Å². The molecule has 140 valence electrons. The Hall–Kier alpha value is -3.08. The number of carbonyl (C=O) groups is 1. The van der Waals surface area contributed by atoms with Crippen molar-refractivity contribution in [3.63, 3.8) is 0 Å². The van der Waals surface area contributed by atoms with Gasteiger partial charge in [0.2, 0.25) is 0 Å². The lowest BCUT2D eigenvalue weighted by atomic mass is 10.1. The summed E-state index contributed by atoms with van der Waals surface area (Å²) in [5.74, 6) is 0.832. The summed E-state index contributed by atoms with van der Waals surface area (Å²) in [5, 5.41) is 4.32. The fourth-order valence-corrected chi connectivity index (χ4v) is 3.00. The molecule has 0 fully saturated rings. The minimum absolute atomic E-state index is 0.0333. The highest BCUT2D eigenvalue weighted by molar-refractivity contribution is 5.94. The van der Waals surface area contributed by atoms with E-state index in [0.29, 0.717) is 18.7 Å². The average molecular weight is 363 g/mol. The highest BCUT2D eigenvalue weighted by atomic mass is 16.5. The van der Waals surface area contributed by atoms with Gasteiger partial charge in [0.25, 0.3) is 5.91 Å². The first-order valence-corrected chi connectivity index (χ1v) is 8.95.